The Morgan fingerprint density at radius 3 is 3.08 bits per heavy atom. The fraction of sp³-hybridized carbons (Fsp3) is 0.143. The molecule has 1 aromatic rings. The van der Waals surface area contributed by atoms with Crippen molar-refractivity contribution in [2.24, 2.45) is 4.99 Å². The summed E-state index contributed by atoms with van der Waals surface area (Å²) in [6.07, 6.45) is 6.77. The molecular weight excluding hydrogens is 156 g/mol. The average molecular weight is 164 g/mol. The van der Waals surface area contributed by atoms with E-state index in [1.54, 1.807) is 29.8 Å². The lowest BCUT2D eigenvalue weighted by Crippen LogP contribution is -2.19. The van der Waals surface area contributed by atoms with E-state index in [0.717, 1.165) is 11.3 Å². The first-order valence-corrected chi connectivity index (χ1v) is 3.52. The molecule has 2 heterocycles. The van der Waals surface area contributed by atoms with Gasteiger partial charge in [-0.25, -0.2) is 0 Å². The van der Waals surface area contributed by atoms with Crippen molar-refractivity contribution in [1.29, 1.82) is 0 Å². The molecule has 1 radical (unpaired) electrons. The number of nitrogens with zero attached hydrogens (tertiary/aromatic N) is 3. The average Bonchev–Trinajstić information content (AvgIpc) is 2.75. The summed E-state index contributed by atoms with van der Waals surface area (Å²) in [7, 11) is 0. The normalized spacial score (nSPS) is 16.9. The third kappa shape index (κ3) is 1.15. The van der Waals surface area contributed by atoms with Crippen LogP contribution in [-0.4, -0.2) is 28.4 Å². The number of aliphatic imine (C=N–C) groups is 1. The van der Waals surface area contributed by atoms with Gasteiger partial charge < -0.3 is 5.11 Å². The molecule has 0 saturated heterocycles. The summed E-state index contributed by atoms with van der Waals surface area (Å²) in [6, 6.07) is 0. The molecule has 0 aromatic carbocycles. The van der Waals surface area contributed by atoms with E-state index >= 15 is 0 Å². The highest BCUT2D eigenvalue weighted by molar-refractivity contribution is 5.80. The van der Waals surface area contributed by atoms with E-state index in [1.807, 2.05) is 0 Å². The molecule has 0 spiro atoms. The smallest absolute Gasteiger partial charge is 0.246 e. The molecule has 0 unspecified atom stereocenters. The van der Waals surface area contributed by atoms with Crippen molar-refractivity contribution in [3.63, 3.8) is 0 Å². The highest BCUT2D eigenvalue weighted by Crippen LogP contribution is 2.16. The molecule has 0 aliphatic carbocycles. The first-order valence-electron chi connectivity index (χ1n) is 3.52. The van der Waals surface area contributed by atoms with Crippen molar-refractivity contribution in [3.05, 3.63) is 24.2 Å². The molecule has 0 atom stereocenters. The molecule has 0 saturated carbocycles. The lowest BCUT2D eigenvalue weighted by molar-refractivity contribution is 0.255. The van der Waals surface area contributed by atoms with Crippen LogP contribution in [0.4, 0.5) is 0 Å². The van der Waals surface area contributed by atoms with Gasteiger partial charge in [-0.2, -0.15) is 10.1 Å². The fourth-order valence-electron chi connectivity index (χ4n) is 0.977. The zero-order valence-electron chi connectivity index (χ0n) is 6.31. The maximum absolute atomic E-state index is 8.75. The van der Waals surface area contributed by atoms with E-state index in [9.17, 15) is 0 Å². The molecule has 0 bridgehead atoms. The number of hydrogen-bond donors (Lipinski definition) is 2. The monoisotopic (exact) mass is 164 g/mol. The predicted octanol–water partition coefficient (Wildman–Crippen LogP) is -0.160. The second kappa shape index (κ2) is 2.88. The van der Waals surface area contributed by atoms with Gasteiger partial charge in [-0.3, -0.25) is 5.10 Å². The van der Waals surface area contributed by atoms with Crippen molar-refractivity contribution in [1.82, 2.24) is 15.1 Å². The molecule has 5 nitrogen and oxygen atoms in total. The van der Waals surface area contributed by atoms with Crippen LogP contribution >= 0.6 is 0 Å². The van der Waals surface area contributed by atoms with E-state index in [4.69, 9.17) is 5.11 Å². The van der Waals surface area contributed by atoms with Crippen LogP contribution in [0.2, 0.25) is 0 Å². The molecule has 0 amide bonds. The molecule has 1 aromatic heterocycles. The van der Waals surface area contributed by atoms with Gasteiger partial charge >= 0.3 is 0 Å². The standard InChI is InChI=1S/C7H8N4O/c12-5-11-3-7(8-4-11)6-1-9-10-2-6/h1-4,12H,5H2,(H,9,10)/q+1. The fourth-order valence-corrected chi connectivity index (χ4v) is 0.977. The van der Waals surface area contributed by atoms with Crippen LogP contribution in [0.25, 0.3) is 5.70 Å². The molecule has 12 heavy (non-hydrogen) atoms. The lowest BCUT2D eigenvalue weighted by Gasteiger charge is -1.87. The maximum Gasteiger partial charge on any atom is 0.246 e. The minimum Gasteiger partial charge on any atom is -0.343 e. The number of nitrogens with one attached hydrogen (secondary N) is 1. The summed E-state index contributed by atoms with van der Waals surface area (Å²) in [4.78, 5) is 5.66. The van der Waals surface area contributed by atoms with E-state index in [1.165, 1.54) is 0 Å². The zero-order chi connectivity index (χ0) is 8.39. The number of aromatic nitrogens is 2. The Hall–Kier alpha value is -1.46. The number of aromatic amines is 1. The number of rotatable bonds is 2. The van der Waals surface area contributed by atoms with E-state index < -0.39 is 0 Å². The van der Waals surface area contributed by atoms with E-state index in [0.29, 0.717) is 0 Å². The summed E-state index contributed by atoms with van der Waals surface area (Å²) >= 11 is 0. The minimum absolute atomic E-state index is 0.0507. The summed E-state index contributed by atoms with van der Waals surface area (Å²) in [5.74, 6) is 0. The third-order valence-electron chi connectivity index (χ3n) is 1.59. The van der Waals surface area contributed by atoms with Gasteiger partial charge in [0.25, 0.3) is 0 Å². The highest BCUT2D eigenvalue weighted by Gasteiger charge is 2.18. The Bertz CT molecular complexity index is 314. The van der Waals surface area contributed by atoms with Crippen LogP contribution in [0.3, 0.4) is 0 Å². The SMILES string of the molecule is OC[N+]1C=NC(c2cn[nH]c2)=C1. The molecule has 2 N–H and O–H groups in total. The first kappa shape index (κ1) is 7.20. The van der Waals surface area contributed by atoms with Gasteiger partial charge in [0, 0.05) is 11.8 Å². The first-order chi connectivity index (χ1) is 5.90. The molecule has 1 aliphatic rings. The minimum atomic E-state index is -0.0507. The van der Waals surface area contributed by atoms with Crippen LogP contribution in [0.15, 0.2) is 23.6 Å². The number of aliphatic hydroxyl groups excluding tert-OH is 1. The summed E-state index contributed by atoms with van der Waals surface area (Å²) in [5.41, 5.74) is 1.72. The van der Waals surface area contributed by atoms with Gasteiger partial charge in [0.1, 0.15) is 5.70 Å². The second-order valence-corrected chi connectivity index (χ2v) is 2.40. The Balaban J connectivity index is 2.23. The van der Waals surface area contributed by atoms with Gasteiger partial charge in [0.15, 0.2) is 6.20 Å². The van der Waals surface area contributed by atoms with Crippen LogP contribution in [-0.2, 0) is 0 Å². The van der Waals surface area contributed by atoms with Crippen molar-refractivity contribution in [2.75, 3.05) is 6.73 Å². The van der Waals surface area contributed by atoms with Crippen LogP contribution < -0.4 is 4.90 Å². The maximum atomic E-state index is 8.75. The van der Waals surface area contributed by atoms with Crippen molar-refractivity contribution < 1.29 is 5.11 Å². The van der Waals surface area contributed by atoms with Crippen LogP contribution in [0.5, 0.6) is 0 Å². The van der Waals surface area contributed by atoms with E-state index in [-0.39, 0.29) is 6.73 Å². The lowest BCUT2D eigenvalue weighted by atomic mass is 10.3. The largest absolute Gasteiger partial charge is 0.343 e. The number of aliphatic hydroxyl groups is 1. The van der Waals surface area contributed by atoms with Crippen molar-refractivity contribution in [3.8, 4) is 0 Å². The summed E-state index contributed by atoms with van der Waals surface area (Å²) in [5, 5.41) is 15.2. The van der Waals surface area contributed by atoms with Gasteiger partial charge in [-0.05, 0) is 0 Å². The van der Waals surface area contributed by atoms with Crippen LogP contribution in [0.1, 0.15) is 5.56 Å². The second-order valence-electron chi connectivity index (χ2n) is 2.40. The van der Waals surface area contributed by atoms with Crippen molar-refractivity contribution >= 4 is 12.0 Å². The molecule has 5 heteroatoms. The molecular formula is C7H8N4O+. The molecule has 0 fully saturated rings. The Morgan fingerprint density at radius 1 is 1.58 bits per heavy atom. The van der Waals surface area contributed by atoms with Gasteiger partial charge in [-0.15, -0.1) is 0 Å². The summed E-state index contributed by atoms with van der Waals surface area (Å²) < 4.78 is 0. The topological polar surface area (TPSA) is 67.2 Å². The molecule has 61 valence electrons. The summed E-state index contributed by atoms with van der Waals surface area (Å²) in [6.45, 7) is -0.0507. The zero-order valence-corrected chi connectivity index (χ0v) is 6.31. The Kier molecular flexibility index (Phi) is 1.73. The quantitative estimate of drug-likeness (QED) is 0.596. The number of hydrogen-bond acceptors (Lipinski definition) is 4. The molecule has 1 aliphatic heterocycles. The Morgan fingerprint density at radius 2 is 2.50 bits per heavy atom. The Labute approximate surface area is 69.0 Å². The molecule has 2 rings (SSSR count). The predicted molar refractivity (Wildman–Crippen MR) is 44.3 cm³/mol. The van der Waals surface area contributed by atoms with Crippen molar-refractivity contribution in [2.45, 2.75) is 0 Å². The van der Waals surface area contributed by atoms with Gasteiger partial charge in [-0.1, -0.05) is 4.90 Å². The third-order valence-corrected chi connectivity index (χ3v) is 1.59. The van der Waals surface area contributed by atoms with Crippen LogP contribution in [0, 0.1) is 0 Å². The highest BCUT2D eigenvalue weighted by atomic mass is 16.3. The van der Waals surface area contributed by atoms with Gasteiger partial charge in [0.05, 0.1) is 6.20 Å². The number of H-pyrrole nitrogens is 1. The van der Waals surface area contributed by atoms with E-state index in [2.05, 4.69) is 15.2 Å². The van der Waals surface area contributed by atoms with Gasteiger partial charge in [0.2, 0.25) is 13.1 Å².